The normalized spacial score (nSPS) is 17.5. The minimum atomic E-state index is -0.328. The molecule has 4 rings (SSSR count). The molecule has 0 aromatic heterocycles. The lowest BCUT2D eigenvalue weighted by atomic mass is 10.1. The van der Waals surface area contributed by atoms with Crippen LogP contribution >= 0.6 is 0 Å². The van der Waals surface area contributed by atoms with Gasteiger partial charge in [-0.25, -0.2) is 0 Å². The molecule has 1 atom stereocenters. The van der Waals surface area contributed by atoms with Gasteiger partial charge in [-0.3, -0.25) is 24.2 Å². The summed E-state index contributed by atoms with van der Waals surface area (Å²) in [4.78, 5) is 41.8. The molecule has 1 unspecified atom stereocenters. The summed E-state index contributed by atoms with van der Waals surface area (Å²) in [5.41, 5.74) is 2.96. The predicted octanol–water partition coefficient (Wildman–Crippen LogP) is 4.32. The molecule has 0 spiro atoms. The number of rotatable bonds is 6. The Labute approximate surface area is 183 Å². The Bertz CT molecular complexity index is 994. The van der Waals surface area contributed by atoms with Crippen molar-refractivity contribution in [2.45, 2.75) is 52.1 Å². The van der Waals surface area contributed by atoms with Crippen LogP contribution in [0.5, 0.6) is 0 Å². The van der Waals surface area contributed by atoms with Gasteiger partial charge in [0.15, 0.2) is 0 Å². The number of fused-ring (bicyclic) bond motifs is 1. The Morgan fingerprint density at radius 2 is 1.65 bits per heavy atom. The van der Waals surface area contributed by atoms with Gasteiger partial charge in [0, 0.05) is 23.8 Å². The summed E-state index contributed by atoms with van der Waals surface area (Å²) < 4.78 is 0. The van der Waals surface area contributed by atoms with Crippen LogP contribution in [0.15, 0.2) is 42.5 Å². The number of carbonyl (C=O) groups is 3. The minimum Gasteiger partial charge on any atom is -0.322 e. The van der Waals surface area contributed by atoms with Crippen molar-refractivity contribution < 1.29 is 14.4 Å². The van der Waals surface area contributed by atoms with E-state index >= 15 is 0 Å². The molecule has 0 bridgehead atoms. The molecule has 3 amide bonds. The maximum absolute atomic E-state index is 12.7. The fraction of sp³-hybridized carbons (Fsp3) is 0.400. The van der Waals surface area contributed by atoms with Crippen molar-refractivity contribution in [1.82, 2.24) is 9.80 Å². The van der Waals surface area contributed by atoms with E-state index in [-0.39, 0.29) is 23.8 Å². The number of imide groups is 1. The summed E-state index contributed by atoms with van der Waals surface area (Å²) in [5, 5.41) is 2.89. The first-order valence-corrected chi connectivity index (χ1v) is 11.1. The van der Waals surface area contributed by atoms with Gasteiger partial charge < -0.3 is 5.32 Å². The molecule has 6 heteroatoms. The van der Waals surface area contributed by atoms with Gasteiger partial charge in [0.1, 0.15) is 0 Å². The van der Waals surface area contributed by atoms with Crippen LogP contribution in [0.4, 0.5) is 5.69 Å². The molecule has 162 valence electrons. The molecular formula is C25H29N3O3. The van der Waals surface area contributed by atoms with E-state index in [2.05, 4.69) is 10.2 Å². The Balaban J connectivity index is 1.43. The van der Waals surface area contributed by atoms with Crippen molar-refractivity contribution >= 4 is 23.4 Å². The highest BCUT2D eigenvalue weighted by Gasteiger charge is 2.38. The molecular weight excluding hydrogens is 390 g/mol. The van der Waals surface area contributed by atoms with Gasteiger partial charge in [0.25, 0.3) is 17.7 Å². The standard InChI is InChI=1S/C25H29N3O3/c1-3-17(2)28-24(30)21-12-9-19(15-22(21)25(28)31)23(29)26-20-10-7-18(8-11-20)16-27-13-5-4-6-14-27/h7-12,15,17H,3-6,13-14,16H2,1-2H3,(H,26,29). The van der Waals surface area contributed by atoms with E-state index in [0.717, 1.165) is 19.6 Å². The van der Waals surface area contributed by atoms with Gasteiger partial charge in [0.2, 0.25) is 0 Å². The first-order valence-electron chi connectivity index (χ1n) is 11.1. The average molecular weight is 420 g/mol. The molecule has 2 heterocycles. The SMILES string of the molecule is CCC(C)N1C(=O)c2ccc(C(=O)Nc3ccc(CN4CCCCC4)cc3)cc2C1=O. The number of likely N-dealkylation sites (tertiary alicyclic amines) is 1. The number of piperidine rings is 1. The number of anilines is 1. The zero-order valence-electron chi connectivity index (χ0n) is 18.2. The third-order valence-electron chi connectivity index (χ3n) is 6.28. The summed E-state index contributed by atoms with van der Waals surface area (Å²) in [6.45, 7) is 7.01. The topological polar surface area (TPSA) is 69.7 Å². The zero-order valence-corrected chi connectivity index (χ0v) is 18.2. The van der Waals surface area contributed by atoms with Crippen molar-refractivity contribution in [3.8, 4) is 0 Å². The molecule has 0 radical (unpaired) electrons. The van der Waals surface area contributed by atoms with Crippen LogP contribution in [-0.4, -0.2) is 46.7 Å². The van der Waals surface area contributed by atoms with E-state index in [0.29, 0.717) is 28.8 Å². The fourth-order valence-corrected chi connectivity index (χ4v) is 4.26. The molecule has 0 aliphatic carbocycles. The molecule has 2 aliphatic rings. The van der Waals surface area contributed by atoms with Crippen LogP contribution in [0.1, 0.15) is 76.2 Å². The number of hydrogen-bond donors (Lipinski definition) is 1. The van der Waals surface area contributed by atoms with Crippen LogP contribution in [0.2, 0.25) is 0 Å². The molecule has 0 saturated carbocycles. The van der Waals surface area contributed by atoms with Crippen LogP contribution in [0.25, 0.3) is 0 Å². The second kappa shape index (κ2) is 9.02. The van der Waals surface area contributed by atoms with E-state index in [1.54, 1.807) is 12.1 Å². The number of benzene rings is 2. The summed E-state index contributed by atoms with van der Waals surface area (Å²) in [6, 6.07) is 12.4. The van der Waals surface area contributed by atoms with E-state index in [1.807, 2.05) is 38.1 Å². The summed E-state index contributed by atoms with van der Waals surface area (Å²) in [6.07, 6.45) is 4.53. The maximum Gasteiger partial charge on any atom is 0.261 e. The molecule has 1 fully saturated rings. The molecule has 1 saturated heterocycles. The molecule has 1 N–H and O–H groups in total. The Morgan fingerprint density at radius 1 is 0.968 bits per heavy atom. The predicted molar refractivity (Wildman–Crippen MR) is 120 cm³/mol. The Morgan fingerprint density at radius 3 is 2.32 bits per heavy atom. The lowest BCUT2D eigenvalue weighted by Crippen LogP contribution is -2.37. The van der Waals surface area contributed by atoms with Crippen molar-refractivity contribution in [1.29, 1.82) is 0 Å². The van der Waals surface area contributed by atoms with Crippen molar-refractivity contribution in [3.05, 3.63) is 64.7 Å². The summed E-state index contributed by atoms with van der Waals surface area (Å²) in [7, 11) is 0. The highest BCUT2D eigenvalue weighted by molar-refractivity contribution is 6.22. The average Bonchev–Trinajstić information content (AvgIpc) is 3.05. The van der Waals surface area contributed by atoms with Crippen molar-refractivity contribution in [2.24, 2.45) is 0 Å². The molecule has 2 aliphatic heterocycles. The van der Waals surface area contributed by atoms with Gasteiger partial charge in [-0.05, 0) is 75.2 Å². The first-order chi connectivity index (χ1) is 15.0. The summed E-state index contributed by atoms with van der Waals surface area (Å²) >= 11 is 0. The van der Waals surface area contributed by atoms with Crippen LogP contribution < -0.4 is 5.32 Å². The molecule has 2 aromatic carbocycles. The van der Waals surface area contributed by atoms with Gasteiger partial charge in [-0.2, -0.15) is 0 Å². The van der Waals surface area contributed by atoms with Crippen LogP contribution in [0, 0.1) is 0 Å². The number of carbonyl (C=O) groups excluding carboxylic acids is 3. The number of nitrogens with one attached hydrogen (secondary N) is 1. The van der Waals surface area contributed by atoms with E-state index < -0.39 is 0 Å². The smallest absolute Gasteiger partial charge is 0.261 e. The lowest BCUT2D eigenvalue weighted by Gasteiger charge is -2.26. The van der Waals surface area contributed by atoms with Gasteiger partial charge in [-0.15, -0.1) is 0 Å². The Kier molecular flexibility index (Phi) is 6.18. The van der Waals surface area contributed by atoms with Gasteiger partial charge in [-0.1, -0.05) is 25.5 Å². The molecule has 6 nitrogen and oxygen atoms in total. The van der Waals surface area contributed by atoms with E-state index in [4.69, 9.17) is 0 Å². The number of hydrogen-bond acceptors (Lipinski definition) is 4. The second-order valence-electron chi connectivity index (χ2n) is 8.49. The molecule has 2 aromatic rings. The third kappa shape index (κ3) is 4.39. The van der Waals surface area contributed by atoms with Crippen LogP contribution in [-0.2, 0) is 6.54 Å². The minimum absolute atomic E-state index is 0.173. The first kappa shape index (κ1) is 21.2. The van der Waals surface area contributed by atoms with Gasteiger partial charge >= 0.3 is 0 Å². The van der Waals surface area contributed by atoms with Crippen molar-refractivity contribution in [3.63, 3.8) is 0 Å². The fourth-order valence-electron chi connectivity index (χ4n) is 4.26. The monoisotopic (exact) mass is 419 g/mol. The number of amides is 3. The van der Waals surface area contributed by atoms with Gasteiger partial charge in [0.05, 0.1) is 11.1 Å². The van der Waals surface area contributed by atoms with Crippen LogP contribution in [0.3, 0.4) is 0 Å². The maximum atomic E-state index is 12.7. The quantitative estimate of drug-likeness (QED) is 0.708. The highest BCUT2D eigenvalue weighted by Crippen LogP contribution is 2.27. The Hall–Kier alpha value is -2.99. The zero-order chi connectivity index (χ0) is 22.0. The summed E-state index contributed by atoms with van der Waals surface area (Å²) in [5.74, 6) is -0.912. The highest BCUT2D eigenvalue weighted by atomic mass is 16.2. The van der Waals surface area contributed by atoms with E-state index in [9.17, 15) is 14.4 Å². The van der Waals surface area contributed by atoms with E-state index in [1.165, 1.54) is 35.8 Å². The second-order valence-corrected chi connectivity index (χ2v) is 8.49. The molecule has 31 heavy (non-hydrogen) atoms. The largest absolute Gasteiger partial charge is 0.322 e. The lowest BCUT2D eigenvalue weighted by molar-refractivity contribution is 0.0593. The van der Waals surface area contributed by atoms with Crippen molar-refractivity contribution in [2.75, 3.05) is 18.4 Å². The number of nitrogens with zero attached hydrogens (tertiary/aromatic N) is 2. The third-order valence-corrected chi connectivity index (χ3v) is 6.28.